The second-order valence-electron chi connectivity index (χ2n) is 2.14. The lowest BCUT2D eigenvalue weighted by molar-refractivity contribution is 0.787. The Kier molecular flexibility index (Phi) is 5.31. The number of rotatable bonds is 3. The quantitative estimate of drug-likeness (QED) is 0.598. The molecular weight excluding hydrogens is 155 g/mol. The summed E-state index contributed by atoms with van der Waals surface area (Å²) >= 11 is 11.0. The van der Waals surface area contributed by atoms with Gasteiger partial charge in [-0.2, -0.15) is 0 Å². The van der Waals surface area contributed by atoms with Crippen LogP contribution in [-0.4, -0.2) is 0 Å². The molecule has 0 bridgehead atoms. The summed E-state index contributed by atoms with van der Waals surface area (Å²) in [7, 11) is 0. The third kappa shape index (κ3) is 4.80. The summed E-state index contributed by atoms with van der Waals surface area (Å²) in [4.78, 5) is 0. The Labute approximate surface area is 66.8 Å². The Morgan fingerprint density at radius 1 is 1.33 bits per heavy atom. The highest BCUT2D eigenvalue weighted by atomic mass is 35.5. The molecule has 0 aliphatic carbocycles. The van der Waals surface area contributed by atoms with Crippen LogP contribution >= 0.6 is 23.2 Å². The van der Waals surface area contributed by atoms with Crippen molar-refractivity contribution in [1.82, 2.24) is 0 Å². The molecule has 2 heteroatoms. The molecular formula is C7H12Cl2. The van der Waals surface area contributed by atoms with Gasteiger partial charge in [-0.05, 0) is 25.3 Å². The molecule has 0 heterocycles. The molecule has 0 aromatic heterocycles. The lowest BCUT2D eigenvalue weighted by atomic mass is 10.2. The van der Waals surface area contributed by atoms with E-state index in [1.54, 1.807) is 0 Å². The molecule has 54 valence electrons. The highest BCUT2D eigenvalue weighted by molar-refractivity contribution is 6.56. The second kappa shape index (κ2) is 5.13. The maximum atomic E-state index is 5.51. The van der Waals surface area contributed by atoms with Crippen LogP contribution in [0.3, 0.4) is 0 Å². The monoisotopic (exact) mass is 166 g/mol. The van der Waals surface area contributed by atoms with Crippen LogP contribution in [0.2, 0.25) is 0 Å². The SMILES string of the molecule is CCCCC(C)=C(Cl)Cl. The van der Waals surface area contributed by atoms with Crippen molar-refractivity contribution < 1.29 is 0 Å². The van der Waals surface area contributed by atoms with Crippen molar-refractivity contribution >= 4 is 23.2 Å². The van der Waals surface area contributed by atoms with Gasteiger partial charge in [-0.15, -0.1) is 0 Å². The van der Waals surface area contributed by atoms with Gasteiger partial charge < -0.3 is 0 Å². The Bertz CT molecular complexity index is 101. The smallest absolute Gasteiger partial charge is 0.0710 e. The standard InChI is InChI=1S/C7H12Cl2/c1-3-4-5-6(2)7(8)9/h3-5H2,1-2H3. The van der Waals surface area contributed by atoms with Gasteiger partial charge >= 0.3 is 0 Å². The van der Waals surface area contributed by atoms with E-state index in [1.165, 1.54) is 12.8 Å². The van der Waals surface area contributed by atoms with Crippen molar-refractivity contribution in [2.45, 2.75) is 33.1 Å². The van der Waals surface area contributed by atoms with Crippen molar-refractivity contribution in [2.24, 2.45) is 0 Å². The lowest BCUT2D eigenvalue weighted by Crippen LogP contribution is -1.76. The molecule has 0 atom stereocenters. The summed E-state index contributed by atoms with van der Waals surface area (Å²) in [5.74, 6) is 0. The summed E-state index contributed by atoms with van der Waals surface area (Å²) in [6.45, 7) is 4.11. The zero-order valence-electron chi connectivity index (χ0n) is 5.88. The van der Waals surface area contributed by atoms with E-state index in [-0.39, 0.29) is 0 Å². The molecule has 0 amide bonds. The Hall–Kier alpha value is 0.320. The van der Waals surface area contributed by atoms with E-state index in [9.17, 15) is 0 Å². The van der Waals surface area contributed by atoms with Crippen molar-refractivity contribution in [3.05, 3.63) is 10.1 Å². The zero-order valence-corrected chi connectivity index (χ0v) is 7.39. The topological polar surface area (TPSA) is 0 Å². The van der Waals surface area contributed by atoms with Crippen LogP contribution in [0.25, 0.3) is 0 Å². The molecule has 0 saturated heterocycles. The van der Waals surface area contributed by atoms with E-state index in [4.69, 9.17) is 23.2 Å². The van der Waals surface area contributed by atoms with Crippen molar-refractivity contribution in [3.63, 3.8) is 0 Å². The maximum Gasteiger partial charge on any atom is 0.105 e. The van der Waals surface area contributed by atoms with Crippen LogP contribution in [-0.2, 0) is 0 Å². The third-order valence-corrected chi connectivity index (χ3v) is 1.87. The first kappa shape index (κ1) is 9.32. The van der Waals surface area contributed by atoms with E-state index in [0.717, 1.165) is 12.0 Å². The van der Waals surface area contributed by atoms with Crippen LogP contribution in [0.1, 0.15) is 33.1 Å². The summed E-state index contributed by atoms with van der Waals surface area (Å²) < 4.78 is 0.434. The molecule has 0 spiro atoms. The van der Waals surface area contributed by atoms with Crippen molar-refractivity contribution in [1.29, 1.82) is 0 Å². The zero-order chi connectivity index (χ0) is 7.28. The summed E-state index contributed by atoms with van der Waals surface area (Å²) in [5.41, 5.74) is 1.10. The first-order valence-corrected chi connectivity index (χ1v) is 3.94. The van der Waals surface area contributed by atoms with Gasteiger partial charge in [0.15, 0.2) is 0 Å². The highest BCUT2D eigenvalue weighted by Crippen LogP contribution is 2.18. The second-order valence-corrected chi connectivity index (χ2v) is 3.09. The van der Waals surface area contributed by atoms with Crippen molar-refractivity contribution in [2.75, 3.05) is 0 Å². The molecule has 9 heavy (non-hydrogen) atoms. The summed E-state index contributed by atoms with van der Waals surface area (Å²) in [5, 5.41) is 0. The molecule has 0 N–H and O–H groups in total. The minimum absolute atomic E-state index is 0.434. The van der Waals surface area contributed by atoms with Gasteiger partial charge in [0.1, 0.15) is 4.49 Å². The molecule has 0 aromatic carbocycles. The average Bonchev–Trinajstić information content (AvgIpc) is 1.82. The van der Waals surface area contributed by atoms with Gasteiger partial charge in [-0.3, -0.25) is 0 Å². The first-order chi connectivity index (χ1) is 4.18. The van der Waals surface area contributed by atoms with Crippen LogP contribution in [0.5, 0.6) is 0 Å². The van der Waals surface area contributed by atoms with E-state index < -0.39 is 0 Å². The molecule has 0 aliphatic rings. The lowest BCUT2D eigenvalue weighted by Gasteiger charge is -1.96. The van der Waals surface area contributed by atoms with Gasteiger partial charge in [0.25, 0.3) is 0 Å². The number of hydrogen-bond donors (Lipinski definition) is 0. The molecule has 0 aromatic rings. The van der Waals surface area contributed by atoms with E-state index in [2.05, 4.69) is 6.92 Å². The Morgan fingerprint density at radius 2 is 1.89 bits per heavy atom. The summed E-state index contributed by atoms with van der Waals surface area (Å²) in [6.07, 6.45) is 3.39. The third-order valence-electron chi connectivity index (χ3n) is 1.23. The molecule has 0 saturated carbocycles. The van der Waals surface area contributed by atoms with Crippen LogP contribution in [0.4, 0.5) is 0 Å². The van der Waals surface area contributed by atoms with Crippen LogP contribution < -0.4 is 0 Å². The van der Waals surface area contributed by atoms with Gasteiger partial charge in [0.2, 0.25) is 0 Å². The predicted octanol–water partition coefficient (Wildman–Crippen LogP) is 3.89. The fourth-order valence-corrected chi connectivity index (χ4v) is 0.725. The Balaban J connectivity index is 3.50. The maximum absolute atomic E-state index is 5.51. The van der Waals surface area contributed by atoms with Gasteiger partial charge in [0.05, 0.1) is 0 Å². The number of hydrogen-bond acceptors (Lipinski definition) is 0. The van der Waals surface area contributed by atoms with Crippen molar-refractivity contribution in [3.8, 4) is 0 Å². The molecule has 0 rings (SSSR count). The van der Waals surface area contributed by atoms with E-state index in [1.807, 2.05) is 6.92 Å². The Morgan fingerprint density at radius 3 is 2.22 bits per heavy atom. The van der Waals surface area contributed by atoms with Gasteiger partial charge in [-0.25, -0.2) is 0 Å². The molecule has 0 nitrogen and oxygen atoms in total. The minimum atomic E-state index is 0.434. The number of halogens is 2. The molecule has 0 fully saturated rings. The largest absolute Gasteiger partial charge is 0.105 e. The van der Waals surface area contributed by atoms with Crippen LogP contribution in [0, 0.1) is 0 Å². The molecule has 0 unspecified atom stereocenters. The van der Waals surface area contributed by atoms with Gasteiger partial charge in [-0.1, -0.05) is 36.5 Å². The van der Waals surface area contributed by atoms with Crippen LogP contribution in [0.15, 0.2) is 10.1 Å². The van der Waals surface area contributed by atoms with Gasteiger partial charge in [0, 0.05) is 0 Å². The number of unbranched alkanes of at least 4 members (excludes halogenated alkanes) is 1. The molecule has 0 aliphatic heterocycles. The fraction of sp³-hybridized carbons (Fsp3) is 0.714. The minimum Gasteiger partial charge on any atom is -0.0710 e. The highest BCUT2D eigenvalue weighted by Gasteiger charge is 1.93. The van der Waals surface area contributed by atoms with E-state index >= 15 is 0 Å². The number of allylic oxidation sites excluding steroid dienone is 1. The normalized spacial score (nSPS) is 9.33. The van der Waals surface area contributed by atoms with E-state index in [0.29, 0.717) is 4.49 Å². The predicted molar refractivity (Wildman–Crippen MR) is 43.9 cm³/mol. The fourth-order valence-electron chi connectivity index (χ4n) is 0.536. The summed E-state index contributed by atoms with van der Waals surface area (Å²) in [6, 6.07) is 0. The average molecular weight is 167 g/mol. The first-order valence-electron chi connectivity index (χ1n) is 3.19. The molecule has 0 radical (unpaired) electrons.